The molecule has 7 rings (SSSR count). The van der Waals surface area contributed by atoms with Gasteiger partial charge >= 0.3 is 6.09 Å². The highest BCUT2D eigenvalue weighted by Gasteiger charge is 2.35. The number of carbonyl (C=O) groups excluding carboxylic acids is 2. The van der Waals surface area contributed by atoms with E-state index in [1.54, 1.807) is 24.4 Å². The monoisotopic (exact) mass is 547 g/mol. The maximum atomic E-state index is 12.7. The molecule has 10 nitrogen and oxygen atoms in total. The third kappa shape index (κ3) is 5.04. The molecular weight excluding hydrogens is 518 g/mol. The molecule has 1 aliphatic heterocycles. The van der Waals surface area contributed by atoms with Crippen molar-refractivity contribution in [2.75, 3.05) is 18.4 Å². The first-order valence-electron chi connectivity index (χ1n) is 13.9. The van der Waals surface area contributed by atoms with E-state index < -0.39 is 6.09 Å². The highest BCUT2D eigenvalue weighted by molar-refractivity contribution is 5.90. The number of amides is 2. The van der Waals surface area contributed by atoms with Gasteiger partial charge in [-0.05, 0) is 60.7 Å². The van der Waals surface area contributed by atoms with Crippen LogP contribution in [0.4, 0.5) is 10.7 Å². The van der Waals surface area contributed by atoms with Crippen molar-refractivity contribution in [1.29, 1.82) is 0 Å². The quantitative estimate of drug-likeness (QED) is 0.309. The number of nitrogens with one attached hydrogen (secondary N) is 1. The maximum absolute atomic E-state index is 12.7. The van der Waals surface area contributed by atoms with Crippen LogP contribution in [0.15, 0.2) is 72.9 Å². The van der Waals surface area contributed by atoms with Gasteiger partial charge in [0.2, 0.25) is 11.9 Å². The van der Waals surface area contributed by atoms with Crippen LogP contribution in [0.3, 0.4) is 0 Å². The summed E-state index contributed by atoms with van der Waals surface area (Å²) in [5, 5.41) is 5.68. The summed E-state index contributed by atoms with van der Waals surface area (Å²) in [6.45, 7) is 1.45. The molecule has 206 valence electrons. The number of nitrogens with zero attached hydrogens (tertiary/aromatic N) is 5. The molecular formula is C31H29N7O3. The molecule has 3 aromatic carbocycles. The second kappa shape index (κ2) is 10.2. The third-order valence-electron chi connectivity index (χ3n) is 7.71. The number of anilines is 1. The SMILES string of the molecule is NC(=O)Oc1ccc2nc(-c3ccc4ccccc4c3)n(-c3ccnc(N[C@H]4CCCN(C(=O)C5CC5)C4)n3)c2c1. The van der Waals surface area contributed by atoms with Crippen LogP contribution < -0.4 is 15.8 Å². The number of piperidine rings is 1. The van der Waals surface area contributed by atoms with E-state index in [-0.39, 0.29) is 17.9 Å². The number of rotatable bonds is 6. The lowest BCUT2D eigenvalue weighted by atomic mass is 10.1. The van der Waals surface area contributed by atoms with Crippen molar-refractivity contribution in [2.45, 2.75) is 31.7 Å². The minimum Gasteiger partial charge on any atom is -0.410 e. The number of likely N-dealkylation sites (tertiary alicyclic amines) is 1. The standard InChI is InChI=1S/C31H29N7O3/c32-30(40)41-24-11-12-25-26(17-24)38(28(35-25)22-10-7-19-4-1-2-5-21(19)16-22)27-13-14-33-31(36-27)34-23-6-3-15-37(18-23)29(39)20-8-9-20/h1-2,4-5,7,10-14,16-17,20,23H,3,6,8-9,15,18H2,(H2,32,40)(H,33,34,36)/t23-/m0/s1. The van der Waals surface area contributed by atoms with Crippen LogP contribution in [0.2, 0.25) is 0 Å². The molecule has 41 heavy (non-hydrogen) atoms. The van der Waals surface area contributed by atoms with Crippen molar-refractivity contribution >= 4 is 39.8 Å². The lowest BCUT2D eigenvalue weighted by molar-refractivity contribution is -0.133. The van der Waals surface area contributed by atoms with Crippen molar-refractivity contribution in [1.82, 2.24) is 24.4 Å². The number of hydrogen-bond acceptors (Lipinski definition) is 7. The summed E-state index contributed by atoms with van der Waals surface area (Å²) in [5.41, 5.74) is 7.61. The van der Waals surface area contributed by atoms with E-state index in [9.17, 15) is 9.59 Å². The molecule has 0 unspecified atom stereocenters. The van der Waals surface area contributed by atoms with Crippen LogP contribution in [-0.2, 0) is 4.79 Å². The molecule has 0 radical (unpaired) electrons. The van der Waals surface area contributed by atoms with Gasteiger partial charge in [0.1, 0.15) is 17.4 Å². The molecule has 1 saturated heterocycles. The number of imidazole rings is 1. The smallest absolute Gasteiger partial charge is 0.409 e. The van der Waals surface area contributed by atoms with Crippen LogP contribution in [0.5, 0.6) is 5.75 Å². The number of hydrogen-bond donors (Lipinski definition) is 2. The Hall–Kier alpha value is -4.99. The van der Waals surface area contributed by atoms with Crippen molar-refractivity contribution in [3.05, 3.63) is 72.9 Å². The predicted molar refractivity (Wildman–Crippen MR) is 156 cm³/mol. The molecule has 2 fully saturated rings. The van der Waals surface area contributed by atoms with Crippen LogP contribution in [-0.4, -0.2) is 55.6 Å². The van der Waals surface area contributed by atoms with Gasteiger partial charge in [0.05, 0.1) is 11.0 Å². The summed E-state index contributed by atoms with van der Waals surface area (Å²) < 4.78 is 7.12. The molecule has 3 heterocycles. The predicted octanol–water partition coefficient (Wildman–Crippen LogP) is 4.91. The lowest BCUT2D eigenvalue weighted by Gasteiger charge is -2.33. The Labute approximate surface area is 236 Å². The number of fused-ring (bicyclic) bond motifs is 2. The van der Waals surface area contributed by atoms with Gasteiger partial charge in [0.15, 0.2) is 0 Å². The van der Waals surface area contributed by atoms with Crippen LogP contribution in [0, 0.1) is 5.92 Å². The van der Waals surface area contributed by atoms with Crippen molar-refractivity contribution in [2.24, 2.45) is 11.7 Å². The molecule has 10 heteroatoms. The van der Waals surface area contributed by atoms with Crippen molar-refractivity contribution < 1.29 is 14.3 Å². The highest BCUT2D eigenvalue weighted by Crippen LogP contribution is 2.33. The van der Waals surface area contributed by atoms with Gasteiger partial charge in [-0.1, -0.05) is 36.4 Å². The first-order valence-corrected chi connectivity index (χ1v) is 13.9. The van der Waals surface area contributed by atoms with Gasteiger partial charge in [-0.2, -0.15) is 4.98 Å². The summed E-state index contributed by atoms with van der Waals surface area (Å²) >= 11 is 0. The van der Waals surface area contributed by atoms with E-state index in [0.29, 0.717) is 40.9 Å². The number of primary amides is 1. The van der Waals surface area contributed by atoms with Gasteiger partial charge in [0, 0.05) is 42.9 Å². The Kier molecular flexibility index (Phi) is 6.22. The second-order valence-electron chi connectivity index (χ2n) is 10.7. The van der Waals surface area contributed by atoms with Gasteiger partial charge in [-0.25, -0.2) is 14.8 Å². The number of benzene rings is 3. The van der Waals surface area contributed by atoms with E-state index in [2.05, 4.69) is 34.6 Å². The molecule has 2 aromatic heterocycles. The van der Waals surface area contributed by atoms with Gasteiger partial charge in [-0.3, -0.25) is 9.36 Å². The summed E-state index contributed by atoms with van der Waals surface area (Å²) in [6, 6.07) is 21.4. The maximum Gasteiger partial charge on any atom is 0.409 e. The fourth-order valence-electron chi connectivity index (χ4n) is 5.60. The number of aromatic nitrogens is 4. The Bertz CT molecular complexity index is 1800. The molecule has 2 amide bonds. The lowest BCUT2D eigenvalue weighted by Crippen LogP contribution is -2.45. The second-order valence-corrected chi connectivity index (χ2v) is 10.7. The largest absolute Gasteiger partial charge is 0.410 e. The van der Waals surface area contributed by atoms with E-state index in [4.69, 9.17) is 20.4 Å². The number of ether oxygens (including phenoxy) is 1. The zero-order chi connectivity index (χ0) is 27.9. The first kappa shape index (κ1) is 25.0. The minimum absolute atomic E-state index is 0.0664. The molecule has 5 aromatic rings. The normalized spacial score (nSPS) is 17.1. The molecule has 1 atom stereocenters. The number of nitrogens with two attached hydrogens (primary N) is 1. The van der Waals surface area contributed by atoms with E-state index in [0.717, 1.165) is 48.6 Å². The molecule has 1 aliphatic carbocycles. The summed E-state index contributed by atoms with van der Waals surface area (Å²) in [5.74, 6) is 2.55. The molecule has 2 aliphatic rings. The third-order valence-corrected chi connectivity index (χ3v) is 7.71. The first-order chi connectivity index (χ1) is 20.0. The van der Waals surface area contributed by atoms with E-state index in [1.807, 2.05) is 33.7 Å². The van der Waals surface area contributed by atoms with Crippen molar-refractivity contribution in [3.63, 3.8) is 0 Å². The Morgan fingerprint density at radius 2 is 1.80 bits per heavy atom. The number of carbonyl (C=O) groups is 2. The Balaban J connectivity index is 1.28. The van der Waals surface area contributed by atoms with Crippen LogP contribution in [0.1, 0.15) is 25.7 Å². The molecule has 0 spiro atoms. The molecule has 1 saturated carbocycles. The van der Waals surface area contributed by atoms with Gasteiger partial charge in [-0.15, -0.1) is 0 Å². The van der Waals surface area contributed by atoms with E-state index >= 15 is 0 Å². The van der Waals surface area contributed by atoms with Crippen molar-refractivity contribution in [3.8, 4) is 23.0 Å². The Morgan fingerprint density at radius 1 is 0.951 bits per heavy atom. The zero-order valence-electron chi connectivity index (χ0n) is 22.4. The van der Waals surface area contributed by atoms with E-state index in [1.165, 1.54) is 0 Å². The molecule has 3 N–H and O–H groups in total. The van der Waals surface area contributed by atoms with Crippen LogP contribution >= 0.6 is 0 Å². The zero-order valence-corrected chi connectivity index (χ0v) is 22.4. The van der Waals surface area contributed by atoms with Gasteiger partial charge < -0.3 is 20.7 Å². The van der Waals surface area contributed by atoms with Crippen LogP contribution in [0.25, 0.3) is 39.0 Å². The summed E-state index contributed by atoms with van der Waals surface area (Å²) in [7, 11) is 0. The average molecular weight is 548 g/mol. The van der Waals surface area contributed by atoms with Gasteiger partial charge in [0.25, 0.3) is 0 Å². The summed E-state index contributed by atoms with van der Waals surface area (Å²) in [4.78, 5) is 40.4. The molecule has 0 bridgehead atoms. The summed E-state index contributed by atoms with van der Waals surface area (Å²) in [6.07, 6.45) is 4.70. The Morgan fingerprint density at radius 3 is 2.63 bits per heavy atom. The average Bonchev–Trinajstić information content (AvgIpc) is 3.77. The topological polar surface area (TPSA) is 128 Å². The fraction of sp³-hybridized carbons (Fsp3) is 0.258. The minimum atomic E-state index is -0.889. The highest BCUT2D eigenvalue weighted by atomic mass is 16.5. The fourth-order valence-corrected chi connectivity index (χ4v) is 5.60.